The van der Waals surface area contributed by atoms with Gasteiger partial charge in [0.2, 0.25) is 0 Å². The maximum atomic E-state index is 4.91. The zero-order valence-corrected chi connectivity index (χ0v) is 12.4. The predicted octanol–water partition coefficient (Wildman–Crippen LogP) is 2.92. The van der Waals surface area contributed by atoms with E-state index in [1.165, 1.54) is 49.4 Å². The van der Waals surface area contributed by atoms with Gasteiger partial charge in [-0.2, -0.15) is 0 Å². The summed E-state index contributed by atoms with van der Waals surface area (Å²) in [5, 5.41) is 3.45. The molecule has 3 heteroatoms. The molecule has 0 atom stereocenters. The fourth-order valence-electron chi connectivity index (χ4n) is 3.30. The second-order valence-electron chi connectivity index (χ2n) is 6.68. The maximum Gasteiger partial charge on any atom is 0.109 e. The summed E-state index contributed by atoms with van der Waals surface area (Å²) >= 11 is 0. The van der Waals surface area contributed by atoms with E-state index in [1.54, 1.807) is 0 Å². The van der Waals surface area contributed by atoms with Crippen molar-refractivity contribution in [2.45, 2.75) is 65.5 Å². The van der Waals surface area contributed by atoms with E-state index in [4.69, 9.17) is 4.98 Å². The molecule has 2 aliphatic rings. The molecule has 1 fully saturated rings. The van der Waals surface area contributed by atoms with Crippen LogP contribution in [0.2, 0.25) is 0 Å². The summed E-state index contributed by atoms with van der Waals surface area (Å²) < 4.78 is 2.56. The van der Waals surface area contributed by atoms with Gasteiger partial charge >= 0.3 is 0 Å². The van der Waals surface area contributed by atoms with Gasteiger partial charge in [0.15, 0.2) is 0 Å². The van der Waals surface area contributed by atoms with Crippen LogP contribution in [0.15, 0.2) is 0 Å². The average Bonchev–Trinajstić information content (AvgIpc) is 2.64. The Labute approximate surface area is 116 Å². The van der Waals surface area contributed by atoms with Gasteiger partial charge in [-0.05, 0) is 18.3 Å². The maximum absolute atomic E-state index is 4.91. The monoisotopic (exact) mass is 261 g/mol. The first-order valence-electron chi connectivity index (χ1n) is 8.02. The first kappa shape index (κ1) is 13.2. The molecule has 1 aliphatic carbocycles. The topological polar surface area (TPSA) is 29.9 Å². The summed E-state index contributed by atoms with van der Waals surface area (Å²) in [7, 11) is 0. The summed E-state index contributed by atoms with van der Waals surface area (Å²) in [6, 6.07) is 0. The standard InChI is InChI=1S/C16H27N3/c1-12(2)10-16-18-14-11-17-8-6-15(14)19(16)9-7-13-4-3-5-13/h12-13,17H,3-11H2,1-2H3. The van der Waals surface area contributed by atoms with E-state index in [-0.39, 0.29) is 0 Å². The molecule has 1 saturated carbocycles. The summed E-state index contributed by atoms with van der Waals surface area (Å²) in [5.41, 5.74) is 2.84. The third-order valence-electron chi connectivity index (χ3n) is 4.64. The molecule has 0 spiro atoms. The minimum Gasteiger partial charge on any atom is -0.332 e. The number of rotatable bonds is 5. The highest BCUT2D eigenvalue weighted by Crippen LogP contribution is 2.30. The van der Waals surface area contributed by atoms with Crippen molar-refractivity contribution < 1.29 is 0 Å². The Kier molecular flexibility index (Phi) is 3.92. The lowest BCUT2D eigenvalue weighted by Gasteiger charge is -2.26. The molecule has 1 N–H and O–H groups in total. The Bertz CT molecular complexity index is 429. The Morgan fingerprint density at radius 2 is 2.21 bits per heavy atom. The van der Waals surface area contributed by atoms with Crippen LogP contribution in [0.4, 0.5) is 0 Å². The van der Waals surface area contributed by atoms with Gasteiger partial charge in [-0.25, -0.2) is 4.98 Å². The molecule has 1 aliphatic heterocycles. The number of aromatic nitrogens is 2. The van der Waals surface area contributed by atoms with Crippen LogP contribution in [0.1, 0.15) is 56.7 Å². The minimum atomic E-state index is 0.694. The van der Waals surface area contributed by atoms with Crippen molar-refractivity contribution in [3.8, 4) is 0 Å². The van der Waals surface area contributed by atoms with Gasteiger partial charge in [0, 0.05) is 38.2 Å². The van der Waals surface area contributed by atoms with Crippen molar-refractivity contribution in [2.75, 3.05) is 6.54 Å². The van der Waals surface area contributed by atoms with Gasteiger partial charge in [0.25, 0.3) is 0 Å². The highest BCUT2D eigenvalue weighted by atomic mass is 15.1. The molecule has 0 aromatic carbocycles. The van der Waals surface area contributed by atoms with Crippen LogP contribution in [0, 0.1) is 11.8 Å². The van der Waals surface area contributed by atoms with E-state index in [1.807, 2.05) is 0 Å². The van der Waals surface area contributed by atoms with Crippen molar-refractivity contribution in [2.24, 2.45) is 11.8 Å². The van der Waals surface area contributed by atoms with Crippen molar-refractivity contribution in [1.82, 2.24) is 14.9 Å². The third-order valence-corrected chi connectivity index (χ3v) is 4.64. The second kappa shape index (κ2) is 5.66. The highest BCUT2D eigenvalue weighted by molar-refractivity contribution is 5.20. The van der Waals surface area contributed by atoms with Crippen LogP contribution in [-0.2, 0) is 25.9 Å². The van der Waals surface area contributed by atoms with Crippen molar-refractivity contribution in [1.29, 1.82) is 0 Å². The smallest absolute Gasteiger partial charge is 0.109 e. The zero-order valence-electron chi connectivity index (χ0n) is 12.4. The fraction of sp³-hybridized carbons (Fsp3) is 0.812. The van der Waals surface area contributed by atoms with Gasteiger partial charge in [0.1, 0.15) is 5.82 Å². The van der Waals surface area contributed by atoms with Gasteiger partial charge < -0.3 is 9.88 Å². The van der Waals surface area contributed by atoms with Crippen molar-refractivity contribution in [3.63, 3.8) is 0 Å². The van der Waals surface area contributed by atoms with E-state index >= 15 is 0 Å². The lowest BCUT2D eigenvalue weighted by Crippen LogP contribution is -2.25. The molecule has 0 bridgehead atoms. The first-order valence-corrected chi connectivity index (χ1v) is 8.02. The molecule has 3 nitrogen and oxygen atoms in total. The van der Waals surface area contributed by atoms with Crippen LogP contribution in [0.5, 0.6) is 0 Å². The van der Waals surface area contributed by atoms with Crippen LogP contribution >= 0.6 is 0 Å². The quantitative estimate of drug-likeness (QED) is 0.883. The van der Waals surface area contributed by atoms with Crippen molar-refractivity contribution in [3.05, 3.63) is 17.2 Å². The first-order chi connectivity index (χ1) is 9.24. The lowest BCUT2D eigenvalue weighted by molar-refractivity contribution is 0.279. The Balaban J connectivity index is 1.78. The number of imidazole rings is 1. The molecule has 0 saturated heterocycles. The number of hydrogen-bond donors (Lipinski definition) is 1. The zero-order chi connectivity index (χ0) is 13.2. The second-order valence-corrected chi connectivity index (χ2v) is 6.68. The molecular weight excluding hydrogens is 234 g/mol. The van der Waals surface area contributed by atoms with Gasteiger partial charge in [-0.15, -0.1) is 0 Å². The minimum absolute atomic E-state index is 0.694. The van der Waals surface area contributed by atoms with E-state index in [0.29, 0.717) is 5.92 Å². The van der Waals surface area contributed by atoms with E-state index < -0.39 is 0 Å². The van der Waals surface area contributed by atoms with Gasteiger partial charge in [-0.3, -0.25) is 0 Å². The number of hydrogen-bond acceptors (Lipinski definition) is 2. The molecule has 106 valence electrons. The molecule has 2 heterocycles. The SMILES string of the molecule is CC(C)Cc1nc2c(n1CCC1CCC1)CCNC2. The number of nitrogens with one attached hydrogen (secondary N) is 1. The van der Waals surface area contributed by atoms with E-state index in [0.717, 1.165) is 31.8 Å². The number of nitrogens with zero attached hydrogens (tertiary/aromatic N) is 2. The molecule has 19 heavy (non-hydrogen) atoms. The van der Waals surface area contributed by atoms with Crippen LogP contribution < -0.4 is 5.32 Å². The molecule has 0 amide bonds. The van der Waals surface area contributed by atoms with Crippen LogP contribution in [0.3, 0.4) is 0 Å². The summed E-state index contributed by atoms with van der Waals surface area (Å²) in [6.07, 6.45) is 8.01. The van der Waals surface area contributed by atoms with E-state index in [2.05, 4.69) is 23.7 Å². The van der Waals surface area contributed by atoms with Gasteiger partial charge in [-0.1, -0.05) is 33.1 Å². The predicted molar refractivity (Wildman–Crippen MR) is 78.1 cm³/mol. The Hall–Kier alpha value is -0.830. The molecule has 0 unspecified atom stereocenters. The van der Waals surface area contributed by atoms with Crippen LogP contribution in [0.25, 0.3) is 0 Å². The molecule has 3 rings (SSSR count). The lowest BCUT2D eigenvalue weighted by atomic mass is 9.83. The Morgan fingerprint density at radius 1 is 1.37 bits per heavy atom. The normalized spacial score (nSPS) is 19.5. The highest BCUT2D eigenvalue weighted by Gasteiger charge is 2.22. The average molecular weight is 261 g/mol. The third kappa shape index (κ3) is 2.86. The van der Waals surface area contributed by atoms with Gasteiger partial charge in [0.05, 0.1) is 5.69 Å². The van der Waals surface area contributed by atoms with Crippen LogP contribution in [-0.4, -0.2) is 16.1 Å². The fourth-order valence-corrected chi connectivity index (χ4v) is 3.30. The van der Waals surface area contributed by atoms with Crippen molar-refractivity contribution >= 4 is 0 Å². The van der Waals surface area contributed by atoms with E-state index in [9.17, 15) is 0 Å². The number of fused-ring (bicyclic) bond motifs is 1. The molecule has 1 aromatic heterocycles. The molecule has 0 radical (unpaired) electrons. The molecular formula is C16H27N3. The Morgan fingerprint density at radius 3 is 2.89 bits per heavy atom. The summed E-state index contributed by atoms with van der Waals surface area (Å²) in [5.74, 6) is 3.02. The summed E-state index contributed by atoms with van der Waals surface area (Å²) in [6.45, 7) is 7.87. The summed E-state index contributed by atoms with van der Waals surface area (Å²) in [4.78, 5) is 4.91. The largest absolute Gasteiger partial charge is 0.332 e. The molecule has 1 aromatic rings.